The summed E-state index contributed by atoms with van der Waals surface area (Å²) in [6, 6.07) is 0. The van der Waals surface area contributed by atoms with E-state index in [1.807, 2.05) is 0 Å². The Labute approximate surface area is 161 Å². The molecule has 0 radical (unpaired) electrons. The molecule has 8 heteroatoms. The maximum absolute atomic E-state index is 12.9. The van der Waals surface area contributed by atoms with Gasteiger partial charge in [0.2, 0.25) is 5.91 Å². The summed E-state index contributed by atoms with van der Waals surface area (Å²) in [4.78, 5) is 42.3. The number of aryl methyl sites for hydroxylation is 3. The zero-order valence-corrected chi connectivity index (χ0v) is 16.5. The van der Waals surface area contributed by atoms with E-state index in [4.69, 9.17) is 5.11 Å². The number of carbonyl (C=O) groups excluding carboxylic acids is 1. The van der Waals surface area contributed by atoms with Gasteiger partial charge in [-0.15, -0.1) is 11.3 Å². The van der Waals surface area contributed by atoms with E-state index in [0.29, 0.717) is 6.42 Å². The van der Waals surface area contributed by atoms with Crippen LogP contribution in [0.1, 0.15) is 56.4 Å². The number of amides is 1. The van der Waals surface area contributed by atoms with Crippen molar-refractivity contribution in [3.8, 4) is 0 Å². The molecule has 3 rings (SSSR count). The summed E-state index contributed by atoms with van der Waals surface area (Å²) < 4.78 is 1.51. The molecule has 27 heavy (non-hydrogen) atoms. The minimum Gasteiger partial charge on any atom is -0.481 e. The molecule has 1 aliphatic carbocycles. The maximum atomic E-state index is 12.9. The molecule has 2 heterocycles. The second kappa shape index (κ2) is 7.80. The van der Waals surface area contributed by atoms with Gasteiger partial charge in [-0.3, -0.25) is 19.0 Å². The first kappa shape index (κ1) is 19.5. The summed E-state index contributed by atoms with van der Waals surface area (Å²) in [6.45, 7) is 3.85. The Balaban J connectivity index is 1.68. The van der Waals surface area contributed by atoms with E-state index in [-0.39, 0.29) is 30.9 Å². The molecule has 0 fully saturated rings. The Bertz CT molecular complexity index is 929. The van der Waals surface area contributed by atoms with Gasteiger partial charge in [0.15, 0.2) is 0 Å². The lowest BCUT2D eigenvalue weighted by Gasteiger charge is -2.25. The normalized spacial score (nSPS) is 14.1. The maximum Gasteiger partial charge on any atom is 0.303 e. The fourth-order valence-electron chi connectivity index (χ4n) is 3.48. The molecule has 0 aromatic carbocycles. The number of nitrogens with one attached hydrogen (secondary N) is 1. The van der Waals surface area contributed by atoms with Gasteiger partial charge in [-0.05, 0) is 51.5 Å². The molecule has 2 aromatic heterocycles. The Morgan fingerprint density at radius 1 is 1.30 bits per heavy atom. The average molecular weight is 391 g/mol. The second-order valence-electron chi connectivity index (χ2n) is 7.71. The van der Waals surface area contributed by atoms with Crippen LogP contribution in [0, 0.1) is 0 Å². The second-order valence-corrected chi connectivity index (χ2v) is 8.79. The van der Waals surface area contributed by atoms with Crippen LogP contribution in [0.15, 0.2) is 11.1 Å². The van der Waals surface area contributed by atoms with Gasteiger partial charge in [-0.25, -0.2) is 4.98 Å². The molecule has 0 saturated heterocycles. The molecule has 2 N–H and O–H groups in total. The predicted octanol–water partition coefficient (Wildman–Crippen LogP) is 2.49. The van der Waals surface area contributed by atoms with Crippen molar-refractivity contribution in [3.63, 3.8) is 0 Å². The number of nitrogens with zero attached hydrogens (tertiary/aromatic N) is 2. The van der Waals surface area contributed by atoms with Crippen molar-refractivity contribution in [2.45, 2.75) is 70.9 Å². The summed E-state index contributed by atoms with van der Waals surface area (Å²) in [5.74, 6) is -1.09. The van der Waals surface area contributed by atoms with Crippen molar-refractivity contribution >= 4 is 33.4 Å². The van der Waals surface area contributed by atoms with Crippen molar-refractivity contribution in [1.29, 1.82) is 0 Å². The van der Waals surface area contributed by atoms with Crippen LogP contribution in [0.25, 0.3) is 10.2 Å². The van der Waals surface area contributed by atoms with Crippen molar-refractivity contribution in [2.24, 2.45) is 0 Å². The quantitative estimate of drug-likeness (QED) is 0.755. The largest absolute Gasteiger partial charge is 0.481 e. The molecule has 1 amide bonds. The molecule has 7 nitrogen and oxygen atoms in total. The first-order chi connectivity index (χ1) is 12.8. The number of carboxylic acid groups (broad SMARTS) is 1. The van der Waals surface area contributed by atoms with E-state index in [1.54, 1.807) is 25.2 Å². The highest BCUT2D eigenvalue weighted by Gasteiger charge is 2.22. The van der Waals surface area contributed by atoms with E-state index in [2.05, 4.69) is 10.3 Å². The molecule has 0 aliphatic heterocycles. The highest BCUT2D eigenvalue weighted by molar-refractivity contribution is 7.18. The molecular weight excluding hydrogens is 366 g/mol. The van der Waals surface area contributed by atoms with Crippen LogP contribution in [0.4, 0.5) is 0 Å². The first-order valence-corrected chi connectivity index (χ1v) is 10.1. The van der Waals surface area contributed by atoms with Gasteiger partial charge < -0.3 is 10.4 Å². The summed E-state index contributed by atoms with van der Waals surface area (Å²) in [5.41, 5.74) is 0.472. The van der Waals surface area contributed by atoms with Gasteiger partial charge in [0.1, 0.15) is 4.83 Å². The lowest BCUT2D eigenvalue weighted by atomic mass is 9.97. The van der Waals surface area contributed by atoms with Crippen LogP contribution in [-0.2, 0) is 29.0 Å². The summed E-state index contributed by atoms with van der Waals surface area (Å²) in [5, 5.41) is 12.4. The lowest BCUT2D eigenvalue weighted by Crippen LogP contribution is -2.44. The van der Waals surface area contributed by atoms with Crippen LogP contribution < -0.4 is 10.9 Å². The fraction of sp³-hybridized carbons (Fsp3) is 0.579. The zero-order chi connectivity index (χ0) is 19.6. The zero-order valence-electron chi connectivity index (χ0n) is 15.7. The number of carbonyl (C=O) groups is 2. The van der Waals surface area contributed by atoms with Gasteiger partial charge in [-0.1, -0.05) is 0 Å². The predicted molar refractivity (Wildman–Crippen MR) is 104 cm³/mol. The lowest BCUT2D eigenvalue weighted by molar-refractivity contribution is -0.137. The highest BCUT2D eigenvalue weighted by atomic mass is 32.1. The SMILES string of the molecule is CC(C)(CCC(=O)O)NC(=O)CCn1cnc2sc3c(c2c1=O)CCCC3. The topological polar surface area (TPSA) is 101 Å². The minimum absolute atomic E-state index is 0.00338. The minimum atomic E-state index is -0.887. The van der Waals surface area contributed by atoms with Crippen molar-refractivity contribution in [2.75, 3.05) is 0 Å². The number of aliphatic carboxylic acids is 1. The first-order valence-electron chi connectivity index (χ1n) is 9.29. The summed E-state index contributed by atoms with van der Waals surface area (Å²) >= 11 is 1.61. The standard InChI is InChI=1S/C19H25N3O4S/c1-19(2,9-7-15(24)25)21-14(23)8-10-22-11-20-17-16(18(22)26)12-5-3-4-6-13(12)27-17/h11H,3-10H2,1-2H3,(H,21,23)(H,24,25). The van der Waals surface area contributed by atoms with Crippen LogP contribution in [-0.4, -0.2) is 32.1 Å². The Hall–Kier alpha value is -2.22. The Morgan fingerprint density at radius 3 is 2.78 bits per heavy atom. The third kappa shape index (κ3) is 4.55. The average Bonchev–Trinajstić information content (AvgIpc) is 2.98. The van der Waals surface area contributed by atoms with Crippen LogP contribution in [0.5, 0.6) is 0 Å². The van der Waals surface area contributed by atoms with Crippen LogP contribution >= 0.6 is 11.3 Å². The number of fused-ring (bicyclic) bond motifs is 3. The van der Waals surface area contributed by atoms with E-state index < -0.39 is 11.5 Å². The molecule has 0 unspecified atom stereocenters. The van der Waals surface area contributed by atoms with Gasteiger partial charge in [0.25, 0.3) is 5.56 Å². The van der Waals surface area contributed by atoms with Crippen molar-refractivity contribution in [1.82, 2.24) is 14.9 Å². The van der Waals surface area contributed by atoms with Crippen LogP contribution in [0.2, 0.25) is 0 Å². The van der Waals surface area contributed by atoms with Gasteiger partial charge in [0.05, 0.1) is 11.7 Å². The molecule has 0 bridgehead atoms. The molecule has 0 saturated carbocycles. The van der Waals surface area contributed by atoms with Crippen LogP contribution in [0.3, 0.4) is 0 Å². The molecule has 1 aliphatic rings. The number of hydrogen-bond acceptors (Lipinski definition) is 5. The number of hydrogen-bond donors (Lipinski definition) is 2. The third-order valence-corrected chi connectivity index (χ3v) is 6.16. The fourth-order valence-corrected chi connectivity index (χ4v) is 4.70. The van der Waals surface area contributed by atoms with Crippen molar-refractivity contribution in [3.05, 3.63) is 27.1 Å². The monoisotopic (exact) mass is 391 g/mol. The highest BCUT2D eigenvalue weighted by Crippen LogP contribution is 2.33. The molecule has 146 valence electrons. The van der Waals surface area contributed by atoms with E-state index in [9.17, 15) is 14.4 Å². The third-order valence-electron chi connectivity index (χ3n) is 4.96. The molecule has 2 aromatic rings. The Kier molecular flexibility index (Phi) is 5.64. The smallest absolute Gasteiger partial charge is 0.303 e. The number of rotatable bonds is 7. The molecular formula is C19H25N3O4S. The summed E-state index contributed by atoms with van der Waals surface area (Å²) in [6.07, 6.45) is 6.22. The Morgan fingerprint density at radius 2 is 2.04 bits per heavy atom. The van der Waals surface area contributed by atoms with Crippen molar-refractivity contribution < 1.29 is 14.7 Å². The van der Waals surface area contributed by atoms with E-state index in [1.165, 1.54) is 15.8 Å². The molecule has 0 atom stereocenters. The number of thiophene rings is 1. The number of carboxylic acids is 1. The summed E-state index contributed by atoms with van der Waals surface area (Å²) in [7, 11) is 0. The number of aromatic nitrogens is 2. The van der Waals surface area contributed by atoms with E-state index >= 15 is 0 Å². The van der Waals surface area contributed by atoms with Gasteiger partial charge in [-0.2, -0.15) is 0 Å². The van der Waals surface area contributed by atoms with Gasteiger partial charge in [0, 0.05) is 29.8 Å². The van der Waals surface area contributed by atoms with E-state index in [0.717, 1.165) is 41.5 Å². The molecule has 0 spiro atoms. The van der Waals surface area contributed by atoms with Gasteiger partial charge >= 0.3 is 5.97 Å².